The van der Waals surface area contributed by atoms with Crippen molar-refractivity contribution in [2.24, 2.45) is 0 Å². The molecule has 1 aromatic rings. The second-order valence-corrected chi connectivity index (χ2v) is 4.27. The molecule has 8 nitrogen and oxygen atoms in total. The fourth-order valence-corrected chi connectivity index (χ4v) is 1.43. The zero-order chi connectivity index (χ0) is 16.2. The minimum Gasteiger partial charge on any atom is -0.445 e. The maximum atomic E-state index is 11.4. The molecule has 0 unspecified atom stereocenters. The topological polar surface area (TPSA) is 117 Å². The Hall–Kier alpha value is -2.61. The molecule has 4 N–H and O–H groups in total. The summed E-state index contributed by atoms with van der Waals surface area (Å²) in [7, 11) is 0. The molecule has 22 heavy (non-hydrogen) atoms. The predicted molar refractivity (Wildman–Crippen MR) is 77.7 cm³/mol. The van der Waals surface area contributed by atoms with E-state index in [9.17, 15) is 14.4 Å². The van der Waals surface area contributed by atoms with Crippen LogP contribution < -0.4 is 16.0 Å². The largest absolute Gasteiger partial charge is 0.445 e. The molecule has 0 atom stereocenters. The molecule has 0 fully saturated rings. The number of nitrogens with one attached hydrogen (secondary N) is 3. The predicted octanol–water partition coefficient (Wildman–Crippen LogP) is -0.862. The van der Waals surface area contributed by atoms with Gasteiger partial charge in [0, 0.05) is 6.54 Å². The van der Waals surface area contributed by atoms with Crippen LogP contribution in [0.5, 0.6) is 0 Å². The van der Waals surface area contributed by atoms with E-state index in [0.717, 1.165) is 5.56 Å². The van der Waals surface area contributed by atoms with Crippen molar-refractivity contribution in [2.45, 2.75) is 6.61 Å². The van der Waals surface area contributed by atoms with E-state index >= 15 is 0 Å². The molecule has 1 rings (SSSR count). The summed E-state index contributed by atoms with van der Waals surface area (Å²) >= 11 is 0. The first-order chi connectivity index (χ1) is 10.6. The van der Waals surface area contributed by atoms with Gasteiger partial charge < -0.3 is 25.8 Å². The highest BCUT2D eigenvalue weighted by molar-refractivity contribution is 5.87. The second kappa shape index (κ2) is 10.2. The molecule has 8 heteroatoms. The average molecular weight is 309 g/mol. The fraction of sp³-hybridized carbons (Fsp3) is 0.357. The molecule has 0 aromatic heterocycles. The van der Waals surface area contributed by atoms with E-state index in [1.165, 1.54) is 0 Å². The zero-order valence-corrected chi connectivity index (χ0v) is 12.0. The van der Waals surface area contributed by atoms with E-state index in [1.807, 2.05) is 30.3 Å². The Balaban J connectivity index is 2.12. The van der Waals surface area contributed by atoms with Crippen LogP contribution in [0.3, 0.4) is 0 Å². The third-order valence-corrected chi connectivity index (χ3v) is 2.49. The summed E-state index contributed by atoms with van der Waals surface area (Å²) in [4.78, 5) is 33.9. The van der Waals surface area contributed by atoms with Crippen LogP contribution in [-0.4, -0.2) is 49.3 Å². The lowest BCUT2D eigenvalue weighted by molar-refractivity contribution is -0.125. The van der Waals surface area contributed by atoms with Gasteiger partial charge in [-0.15, -0.1) is 0 Å². The van der Waals surface area contributed by atoms with Crippen LogP contribution in [0.1, 0.15) is 5.56 Å². The van der Waals surface area contributed by atoms with Gasteiger partial charge in [0.1, 0.15) is 13.2 Å². The molecule has 120 valence electrons. The van der Waals surface area contributed by atoms with Gasteiger partial charge in [-0.1, -0.05) is 30.3 Å². The lowest BCUT2D eigenvalue weighted by atomic mass is 10.2. The molecule has 0 heterocycles. The Labute approximate surface area is 127 Å². The molecule has 0 aliphatic heterocycles. The molecule has 1 aromatic carbocycles. The van der Waals surface area contributed by atoms with Gasteiger partial charge in [0.25, 0.3) is 0 Å². The summed E-state index contributed by atoms with van der Waals surface area (Å²) in [5.41, 5.74) is 0.836. The van der Waals surface area contributed by atoms with E-state index in [1.54, 1.807) is 0 Å². The minimum absolute atomic E-state index is 0.109. The second-order valence-electron chi connectivity index (χ2n) is 4.27. The number of hydrogen-bond acceptors (Lipinski definition) is 5. The maximum absolute atomic E-state index is 11.4. The number of amides is 3. The summed E-state index contributed by atoms with van der Waals surface area (Å²) in [6, 6.07) is 9.12. The van der Waals surface area contributed by atoms with Crippen molar-refractivity contribution >= 4 is 17.9 Å². The summed E-state index contributed by atoms with van der Waals surface area (Å²) in [5.74, 6) is -0.940. The van der Waals surface area contributed by atoms with Gasteiger partial charge in [-0.25, -0.2) is 4.79 Å². The number of carbonyl (C=O) groups excluding carboxylic acids is 3. The third-order valence-electron chi connectivity index (χ3n) is 2.49. The summed E-state index contributed by atoms with van der Waals surface area (Å²) < 4.78 is 4.92. The Bertz CT molecular complexity index is 493. The molecule has 0 aliphatic rings. The summed E-state index contributed by atoms with van der Waals surface area (Å²) in [5, 5.41) is 15.5. The standard InChI is InChI=1S/C14H19N3O5/c18-7-6-15-12(19)8-16-13(20)9-17-14(21)22-10-11-4-2-1-3-5-11/h1-5,18H,6-10H2,(H,15,19)(H,16,20)(H,17,21). The van der Waals surface area contributed by atoms with Gasteiger partial charge >= 0.3 is 6.09 Å². The lowest BCUT2D eigenvalue weighted by Crippen LogP contribution is -2.42. The molecule has 3 amide bonds. The van der Waals surface area contributed by atoms with Crippen molar-refractivity contribution in [2.75, 3.05) is 26.2 Å². The van der Waals surface area contributed by atoms with Gasteiger partial charge in [-0.2, -0.15) is 0 Å². The maximum Gasteiger partial charge on any atom is 0.407 e. The van der Waals surface area contributed by atoms with Crippen LogP contribution in [0.2, 0.25) is 0 Å². The van der Waals surface area contributed by atoms with Crippen molar-refractivity contribution < 1.29 is 24.2 Å². The van der Waals surface area contributed by atoms with Gasteiger partial charge in [-0.05, 0) is 5.56 Å². The molecule has 0 bridgehead atoms. The SMILES string of the molecule is O=C(CNC(=O)CNC(=O)OCc1ccccc1)NCCO. The van der Waals surface area contributed by atoms with Gasteiger partial charge in [0.2, 0.25) is 11.8 Å². The summed E-state index contributed by atoms with van der Waals surface area (Å²) in [6.07, 6.45) is -0.719. The first-order valence-electron chi connectivity index (χ1n) is 6.70. The van der Waals surface area contributed by atoms with E-state index in [4.69, 9.17) is 9.84 Å². The number of carbonyl (C=O) groups is 3. The van der Waals surface area contributed by atoms with Crippen LogP contribution in [0.4, 0.5) is 4.79 Å². The van der Waals surface area contributed by atoms with Crippen LogP contribution >= 0.6 is 0 Å². The van der Waals surface area contributed by atoms with E-state index in [2.05, 4.69) is 16.0 Å². The Morgan fingerprint density at radius 2 is 1.59 bits per heavy atom. The molecule has 0 aliphatic carbocycles. The van der Waals surface area contributed by atoms with Gasteiger partial charge in [0.15, 0.2) is 0 Å². The van der Waals surface area contributed by atoms with Crippen LogP contribution in [0.15, 0.2) is 30.3 Å². The molecular formula is C14H19N3O5. The van der Waals surface area contributed by atoms with Gasteiger partial charge in [-0.3, -0.25) is 9.59 Å². The number of alkyl carbamates (subject to hydrolysis) is 1. The van der Waals surface area contributed by atoms with Crippen molar-refractivity contribution in [3.8, 4) is 0 Å². The van der Waals surface area contributed by atoms with E-state index in [-0.39, 0.29) is 32.8 Å². The molecule has 0 radical (unpaired) electrons. The fourth-order valence-electron chi connectivity index (χ4n) is 1.43. The zero-order valence-electron chi connectivity index (χ0n) is 12.0. The van der Waals surface area contributed by atoms with E-state index in [0.29, 0.717) is 0 Å². The monoisotopic (exact) mass is 309 g/mol. The average Bonchev–Trinajstić information content (AvgIpc) is 2.55. The molecule has 0 spiro atoms. The number of aliphatic hydroxyl groups is 1. The number of ether oxygens (including phenoxy) is 1. The first-order valence-corrected chi connectivity index (χ1v) is 6.70. The highest BCUT2D eigenvalue weighted by atomic mass is 16.5. The third kappa shape index (κ3) is 7.85. The minimum atomic E-state index is -0.719. The van der Waals surface area contributed by atoms with Crippen LogP contribution in [0, 0.1) is 0 Å². The Morgan fingerprint density at radius 3 is 2.27 bits per heavy atom. The van der Waals surface area contributed by atoms with Crippen LogP contribution in [-0.2, 0) is 20.9 Å². The molecular weight excluding hydrogens is 290 g/mol. The number of benzene rings is 1. The normalized spacial score (nSPS) is 9.68. The highest BCUT2D eigenvalue weighted by Crippen LogP contribution is 2.00. The Kier molecular flexibility index (Phi) is 8.06. The molecule has 0 saturated carbocycles. The molecule has 0 saturated heterocycles. The number of hydrogen-bond donors (Lipinski definition) is 4. The van der Waals surface area contributed by atoms with Crippen molar-refractivity contribution in [3.63, 3.8) is 0 Å². The van der Waals surface area contributed by atoms with E-state index < -0.39 is 17.9 Å². The Morgan fingerprint density at radius 1 is 0.955 bits per heavy atom. The number of aliphatic hydroxyl groups excluding tert-OH is 1. The van der Waals surface area contributed by atoms with Crippen molar-refractivity contribution in [1.82, 2.24) is 16.0 Å². The summed E-state index contributed by atoms with van der Waals surface area (Å²) in [6.45, 7) is -0.453. The van der Waals surface area contributed by atoms with Crippen molar-refractivity contribution in [3.05, 3.63) is 35.9 Å². The van der Waals surface area contributed by atoms with Crippen molar-refractivity contribution in [1.29, 1.82) is 0 Å². The number of rotatable bonds is 8. The first kappa shape index (κ1) is 17.4. The van der Waals surface area contributed by atoms with Gasteiger partial charge in [0.05, 0.1) is 13.2 Å². The quantitative estimate of drug-likeness (QED) is 0.498. The smallest absolute Gasteiger partial charge is 0.407 e. The lowest BCUT2D eigenvalue weighted by Gasteiger charge is -2.08. The highest BCUT2D eigenvalue weighted by Gasteiger charge is 2.08. The van der Waals surface area contributed by atoms with Crippen LogP contribution in [0.25, 0.3) is 0 Å².